The SMILES string of the molecule is CN1CCOC(CN(CC2CC2)S(=O)(=O)c2cnc[nH]2)C1. The van der Waals surface area contributed by atoms with E-state index >= 15 is 0 Å². The lowest BCUT2D eigenvalue weighted by atomic mass is 10.2. The Balaban J connectivity index is 1.74. The fourth-order valence-corrected chi connectivity index (χ4v) is 4.03. The van der Waals surface area contributed by atoms with E-state index in [9.17, 15) is 8.42 Å². The lowest BCUT2D eigenvalue weighted by Crippen LogP contribution is -2.48. The Morgan fingerprint density at radius 3 is 2.90 bits per heavy atom. The zero-order valence-electron chi connectivity index (χ0n) is 12.2. The molecule has 118 valence electrons. The van der Waals surface area contributed by atoms with E-state index in [1.165, 1.54) is 12.5 Å². The van der Waals surface area contributed by atoms with Crippen LogP contribution < -0.4 is 0 Å². The molecule has 7 nitrogen and oxygen atoms in total. The number of aromatic amines is 1. The molecule has 1 aromatic heterocycles. The summed E-state index contributed by atoms with van der Waals surface area (Å²) in [6.07, 6.45) is 4.91. The van der Waals surface area contributed by atoms with Gasteiger partial charge in [0.1, 0.15) is 0 Å². The number of hydrogen-bond donors (Lipinski definition) is 1. The number of imidazole rings is 1. The predicted molar refractivity (Wildman–Crippen MR) is 77.3 cm³/mol. The van der Waals surface area contributed by atoms with E-state index in [4.69, 9.17) is 4.74 Å². The monoisotopic (exact) mass is 314 g/mol. The molecule has 2 fully saturated rings. The summed E-state index contributed by atoms with van der Waals surface area (Å²) >= 11 is 0. The number of sulfonamides is 1. The summed E-state index contributed by atoms with van der Waals surface area (Å²) in [5, 5.41) is 0.160. The van der Waals surface area contributed by atoms with Crippen LogP contribution in [0.5, 0.6) is 0 Å². The zero-order chi connectivity index (χ0) is 14.9. The third kappa shape index (κ3) is 3.63. The van der Waals surface area contributed by atoms with E-state index in [1.54, 1.807) is 4.31 Å². The van der Waals surface area contributed by atoms with Gasteiger partial charge in [-0.15, -0.1) is 0 Å². The summed E-state index contributed by atoms with van der Waals surface area (Å²) in [6, 6.07) is 0. The number of aromatic nitrogens is 2. The van der Waals surface area contributed by atoms with Crippen molar-refractivity contribution >= 4 is 10.0 Å². The second-order valence-electron chi connectivity index (χ2n) is 5.94. The van der Waals surface area contributed by atoms with Gasteiger partial charge in [0.25, 0.3) is 10.0 Å². The minimum Gasteiger partial charge on any atom is -0.374 e. The summed E-state index contributed by atoms with van der Waals surface area (Å²) in [4.78, 5) is 8.70. The molecule has 1 unspecified atom stereocenters. The lowest BCUT2D eigenvalue weighted by molar-refractivity contribution is -0.0268. The van der Waals surface area contributed by atoms with Gasteiger partial charge in [-0.1, -0.05) is 0 Å². The van der Waals surface area contributed by atoms with Crippen LogP contribution in [0.2, 0.25) is 0 Å². The van der Waals surface area contributed by atoms with Crippen LogP contribution in [0, 0.1) is 5.92 Å². The molecule has 1 saturated carbocycles. The summed E-state index contributed by atoms with van der Waals surface area (Å²) in [6.45, 7) is 3.29. The van der Waals surface area contributed by atoms with Crippen LogP contribution in [-0.4, -0.2) is 73.5 Å². The molecular formula is C13H22N4O3S. The first kappa shape index (κ1) is 15.0. The highest BCUT2D eigenvalue weighted by molar-refractivity contribution is 7.89. The molecular weight excluding hydrogens is 292 g/mol. The zero-order valence-corrected chi connectivity index (χ0v) is 13.1. The number of rotatable bonds is 6. The van der Waals surface area contributed by atoms with Crippen molar-refractivity contribution in [3.05, 3.63) is 12.5 Å². The van der Waals surface area contributed by atoms with Gasteiger partial charge in [-0.2, -0.15) is 4.31 Å². The van der Waals surface area contributed by atoms with Gasteiger partial charge in [0.2, 0.25) is 0 Å². The first-order chi connectivity index (χ1) is 10.1. The molecule has 2 heterocycles. The van der Waals surface area contributed by atoms with Gasteiger partial charge in [0.05, 0.1) is 25.2 Å². The Morgan fingerprint density at radius 1 is 1.48 bits per heavy atom. The van der Waals surface area contributed by atoms with Gasteiger partial charge in [-0.3, -0.25) is 0 Å². The molecule has 0 spiro atoms. The summed E-state index contributed by atoms with van der Waals surface area (Å²) in [5.74, 6) is 0.490. The van der Waals surface area contributed by atoms with Crippen LogP contribution in [0.25, 0.3) is 0 Å². The number of H-pyrrole nitrogens is 1. The van der Waals surface area contributed by atoms with E-state index in [2.05, 4.69) is 14.9 Å². The molecule has 3 rings (SSSR count). The first-order valence-corrected chi connectivity index (χ1v) is 8.78. The van der Waals surface area contributed by atoms with Crippen LogP contribution in [0.4, 0.5) is 0 Å². The second-order valence-corrected chi connectivity index (χ2v) is 7.84. The smallest absolute Gasteiger partial charge is 0.260 e. The van der Waals surface area contributed by atoms with E-state index < -0.39 is 10.0 Å². The van der Waals surface area contributed by atoms with Crippen molar-refractivity contribution in [2.45, 2.75) is 24.0 Å². The predicted octanol–water partition coefficient (Wildman–Crippen LogP) is 0.141. The van der Waals surface area contributed by atoms with Gasteiger partial charge >= 0.3 is 0 Å². The van der Waals surface area contributed by atoms with Crippen molar-refractivity contribution in [1.82, 2.24) is 19.2 Å². The molecule has 1 N–H and O–H groups in total. The first-order valence-electron chi connectivity index (χ1n) is 7.34. The highest BCUT2D eigenvalue weighted by Gasteiger charge is 2.34. The van der Waals surface area contributed by atoms with Crippen molar-refractivity contribution < 1.29 is 13.2 Å². The largest absolute Gasteiger partial charge is 0.374 e. The van der Waals surface area contributed by atoms with Gasteiger partial charge < -0.3 is 14.6 Å². The maximum atomic E-state index is 12.7. The van der Waals surface area contributed by atoms with Crippen LogP contribution in [0.3, 0.4) is 0 Å². The second kappa shape index (κ2) is 6.04. The normalized spacial score (nSPS) is 24.6. The Labute approximate surface area is 125 Å². The quantitative estimate of drug-likeness (QED) is 0.808. The number of morpholine rings is 1. The molecule has 0 radical (unpaired) electrons. The summed E-state index contributed by atoms with van der Waals surface area (Å²) < 4.78 is 32.7. The minimum atomic E-state index is -3.51. The van der Waals surface area contributed by atoms with Gasteiger partial charge in [0.15, 0.2) is 5.03 Å². The average Bonchev–Trinajstić information content (AvgIpc) is 3.07. The third-order valence-electron chi connectivity index (χ3n) is 4.00. The van der Waals surface area contributed by atoms with E-state index in [0.717, 1.165) is 25.9 Å². The molecule has 21 heavy (non-hydrogen) atoms. The van der Waals surface area contributed by atoms with Crippen molar-refractivity contribution in [3.63, 3.8) is 0 Å². The van der Waals surface area contributed by atoms with E-state index in [1.807, 2.05) is 7.05 Å². The van der Waals surface area contributed by atoms with Gasteiger partial charge in [0, 0.05) is 26.2 Å². The molecule has 2 aliphatic rings. The maximum Gasteiger partial charge on any atom is 0.260 e. The molecule has 1 aliphatic carbocycles. The molecule has 1 atom stereocenters. The highest BCUT2D eigenvalue weighted by atomic mass is 32.2. The summed E-state index contributed by atoms with van der Waals surface area (Å²) in [5.41, 5.74) is 0. The van der Waals surface area contributed by atoms with Crippen molar-refractivity contribution in [3.8, 4) is 0 Å². The van der Waals surface area contributed by atoms with Crippen molar-refractivity contribution in [2.24, 2.45) is 5.92 Å². The number of ether oxygens (including phenoxy) is 1. The average molecular weight is 314 g/mol. The fraction of sp³-hybridized carbons (Fsp3) is 0.769. The molecule has 1 aromatic rings. The lowest BCUT2D eigenvalue weighted by Gasteiger charge is -2.33. The standard InChI is InChI=1S/C13H22N4O3S/c1-16-4-5-20-12(8-16)9-17(7-11-2-3-11)21(18,19)13-6-14-10-15-13/h6,10-12H,2-5,7-9H2,1H3,(H,14,15). The Bertz CT molecular complexity index is 556. The Kier molecular flexibility index (Phi) is 4.30. The van der Waals surface area contributed by atoms with Gasteiger partial charge in [-0.05, 0) is 25.8 Å². The third-order valence-corrected chi connectivity index (χ3v) is 5.76. The highest BCUT2D eigenvalue weighted by Crippen LogP contribution is 2.31. The fourth-order valence-electron chi connectivity index (χ4n) is 2.59. The van der Waals surface area contributed by atoms with Crippen LogP contribution in [-0.2, 0) is 14.8 Å². The number of nitrogens with zero attached hydrogens (tertiary/aromatic N) is 3. The maximum absolute atomic E-state index is 12.7. The Morgan fingerprint density at radius 2 is 2.29 bits per heavy atom. The summed E-state index contributed by atoms with van der Waals surface area (Å²) in [7, 11) is -1.48. The van der Waals surface area contributed by atoms with Crippen LogP contribution in [0.1, 0.15) is 12.8 Å². The minimum absolute atomic E-state index is 0.0693. The number of nitrogens with one attached hydrogen (secondary N) is 1. The van der Waals surface area contributed by atoms with Crippen molar-refractivity contribution in [1.29, 1.82) is 0 Å². The molecule has 0 bridgehead atoms. The number of hydrogen-bond acceptors (Lipinski definition) is 5. The van der Waals surface area contributed by atoms with Gasteiger partial charge in [-0.25, -0.2) is 13.4 Å². The van der Waals surface area contributed by atoms with Crippen LogP contribution >= 0.6 is 0 Å². The van der Waals surface area contributed by atoms with E-state index in [0.29, 0.717) is 25.6 Å². The Hall–Kier alpha value is -0.960. The topological polar surface area (TPSA) is 78.5 Å². The molecule has 1 saturated heterocycles. The molecule has 0 aromatic carbocycles. The molecule has 1 aliphatic heterocycles. The molecule has 0 amide bonds. The van der Waals surface area contributed by atoms with E-state index in [-0.39, 0.29) is 11.1 Å². The van der Waals surface area contributed by atoms with Crippen LogP contribution in [0.15, 0.2) is 17.6 Å². The van der Waals surface area contributed by atoms with Crippen molar-refractivity contribution in [2.75, 3.05) is 39.8 Å². The number of likely N-dealkylation sites (N-methyl/N-ethyl adjacent to an activating group) is 1. The molecule has 8 heteroatoms.